The molecule has 0 heterocycles. The van der Waals surface area contributed by atoms with E-state index >= 15 is 0 Å². The zero-order valence-corrected chi connectivity index (χ0v) is 10.6. The van der Waals surface area contributed by atoms with Crippen molar-refractivity contribution >= 4 is 16.9 Å². The Morgan fingerprint density at radius 1 is 1.15 bits per heavy atom. The third-order valence-electron chi connectivity index (χ3n) is 2.14. The molecule has 0 radical (unpaired) electrons. The summed E-state index contributed by atoms with van der Waals surface area (Å²) in [4.78, 5) is 0. The standard InChI is InChI=1S/C9H22AsNO2/c10-6-3-5-9(13)8(11)4-1-2-7-12/h8-9,12-13H,1-7,10-11H2. The van der Waals surface area contributed by atoms with E-state index in [1.165, 1.54) is 0 Å². The van der Waals surface area contributed by atoms with Crippen molar-refractivity contribution in [2.75, 3.05) is 6.61 Å². The Hall–Kier alpha value is 0.438. The third kappa shape index (κ3) is 7.50. The van der Waals surface area contributed by atoms with Crippen molar-refractivity contribution in [2.45, 2.75) is 49.5 Å². The molecule has 0 bridgehead atoms. The van der Waals surface area contributed by atoms with Crippen molar-refractivity contribution in [1.29, 1.82) is 0 Å². The Bertz CT molecular complexity index is 114. The number of aliphatic hydroxyl groups is 2. The first-order valence-corrected chi connectivity index (χ1v) is 6.68. The third-order valence-corrected chi connectivity index (χ3v) is 3.00. The van der Waals surface area contributed by atoms with Gasteiger partial charge in [0.1, 0.15) is 0 Å². The molecule has 4 N–H and O–H groups in total. The maximum atomic E-state index is 9.57. The van der Waals surface area contributed by atoms with Crippen LogP contribution in [0.4, 0.5) is 0 Å². The van der Waals surface area contributed by atoms with Crippen LogP contribution >= 0.6 is 0 Å². The van der Waals surface area contributed by atoms with E-state index in [0.29, 0.717) is 0 Å². The van der Waals surface area contributed by atoms with Crippen molar-refractivity contribution in [3.8, 4) is 0 Å². The van der Waals surface area contributed by atoms with Gasteiger partial charge in [0.2, 0.25) is 0 Å². The van der Waals surface area contributed by atoms with E-state index in [9.17, 15) is 5.11 Å². The van der Waals surface area contributed by atoms with Gasteiger partial charge in [0, 0.05) is 0 Å². The van der Waals surface area contributed by atoms with E-state index in [-0.39, 0.29) is 18.8 Å². The first-order valence-electron chi connectivity index (χ1n) is 4.97. The molecule has 3 atom stereocenters. The quantitative estimate of drug-likeness (QED) is 0.409. The fraction of sp³-hybridized carbons (Fsp3) is 1.00. The number of hydrogen-bond donors (Lipinski definition) is 3. The second-order valence-corrected chi connectivity index (χ2v) is 4.59. The molecule has 3 nitrogen and oxygen atoms in total. The van der Waals surface area contributed by atoms with Gasteiger partial charge in [-0.3, -0.25) is 0 Å². The van der Waals surface area contributed by atoms with Gasteiger partial charge in [-0.1, -0.05) is 0 Å². The van der Waals surface area contributed by atoms with Crippen LogP contribution < -0.4 is 5.73 Å². The van der Waals surface area contributed by atoms with Crippen molar-refractivity contribution in [2.24, 2.45) is 5.73 Å². The molecule has 4 heteroatoms. The molecule has 0 rings (SSSR count). The maximum absolute atomic E-state index is 9.57. The normalized spacial score (nSPS) is 15.7. The summed E-state index contributed by atoms with van der Waals surface area (Å²) in [5, 5.41) is 19.3. The summed E-state index contributed by atoms with van der Waals surface area (Å²) >= 11 is 1.70. The molecule has 0 saturated carbocycles. The van der Waals surface area contributed by atoms with Gasteiger partial charge in [0.15, 0.2) is 0 Å². The van der Waals surface area contributed by atoms with Gasteiger partial charge >= 0.3 is 88.9 Å². The number of rotatable bonds is 8. The molecular formula is C9H22AsNO2. The Labute approximate surface area is 89.2 Å². The van der Waals surface area contributed by atoms with Crippen LogP contribution in [0, 0.1) is 0 Å². The van der Waals surface area contributed by atoms with Crippen molar-refractivity contribution in [1.82, 2.24) is 0 Å². The zero-order valence-electron chi connectivity index (χ0n) is 8.15. The molecule has 80 valence electrons. The topological polar surface area (TPSA) is 66.5 Å². The SMILES string of the molecule is NC(CCCCO)C(O)CCC[AsH2]. The van der Waals surface area contributed by atoms with Crippen LogP contribution in [0.2, 0.25) is 5.21 Å². The van der Waals surface area contributed by atoms with Crippen LogP contribution in [0.3, 0.4) is 0 Å². The molecular weight excluding hydrogens is 229 g/mol. The van der Waals surface area contributed by atoms with Crippen molar-refractivity contribution in [3.63, 3.8) is 0 Å². The second-order valence-electron chi connectivity index (χ2n) is 3.38. The van der Waals surface area contributed by atoms with E-state index in [1.54, 1.807) is 16.9 Å². The van der Waals surface area contributed by atoms with Gasteiger partial charge in [0.25, 0.3) is 0 Å². The number of aliphatic hydroxyl groups excluding tert-OH is 2. The summed E-state index contributed by atoms with van der Waals surface area (Å²) in [5.74, 6) is 0. The average Bonchev–Trinajstić information content (AvgIpc) is 2.14. The molecule has 0 aromatic heterocycles. The Morgan fingerprint density at radius 3 is 2.38 bits per heavy atom. The molecule has 0 fully saturated rings. The summed E-state index contributed by atoms with van der Waals surface area (Å²) in [6.07, 6.45) is 4.04. The Kier molecular flexibility index (Phi) is 9.32. The molecule has 0 amide bonds. The second kappa shape index (κ2) is 9.01. The minimum absolute atomic E-state index is 0.106. The van der Waals surface area contributed by atoms with Gasteiger partial charge in [-0.15, -0.1) is 0 Å². The van der Waals surface area contributed by atoms with Crippen LogP contribution in [0.15, 0.2) is 0 Å². The fourth-order valence-electron chi connectivity index (χ4n) is 1.23. The summed E-state index contributed by atoms with van der Waals surface area (Å²) in [7, 11) is 0. The Morgan fingerprint density at radius 2 is 1.85 bits per heavy atom. The number of unbranched alkanes of at least 4 members (excludes halogenated alkanes) is 1. The first-order chi connectivity index (χ1) is 6.22. The van der Waals surface area contributed by atoms with Crippen LogP contribution in [-0.2, 0) is 0 Å². The van der Waals surface area contributed by atoms with Crippen LogP contribution in [0.5, 0.6) is 0 Å². The van der Waals surface area contributed by atoms with Gasteiger partial charge in [-0.25, -0.2) is 0 Å². The molecule has 0 aliphatic heterocycles. The number of hydrogen-bond acceptors (Lipinski definition) is 3. The summed E-state index contributed by atoms with van der Waals surface area (Å²) in [5.41, 5.74) is 5.77. The van der Waals surface area contributed by atoms with E-state index in [0.717, 1.165) is 37.3 Å². The van der Waals surface area contributed by atoms with Gasteiger partial charge in [-0.2, -0.15) is 0 Å². The van der Waals surface area contributed by atoms with Crippen LogP contribution in [0.1, 0.15) is 32.1 Å². The average molecular weight is 251 g/mol. The van der Waals surface area contributed by atoms with E-state index in [2.05, 4.69) is 0 Å². The summed E-state index contributed by atoms with van der Waals surface area (Å²) in [6, 6.07) is -0.106. The van der Waals surface area contributed by atoms with E-state index in [1.807, 2.05) is 0 Å². The molecule has 0 saturated heterocycles. The monoisotopic (exact) mass is 251 g/mol. The van der Waals surface area contributed by atoms with Gasteiger partial charge < -0.3 is 0 Å². The fourth-order valence-corrected chi connectivity index (χ4v) is 1.72. The molecule has 0 aromatic carbocycles. The zero-order chi connectivity index (χ0) is 10.1. The van der Waals surface area contributed by atoms with E-state index in [4.69, 9.17) is 10.8 Å². The van der Waals surface area contributed by atoms with Crippen LogP contribution in [0.25, 0.3) is 0 Å². The Balaban J connectivity index is 3.38. The minimum atomic E-state index is -0.352. The van der Waals surface area contributed by atoms with Crippen LogP contribution in [-0.4, -0.2) is 45.8 Å². The molecule has 3 unspecified atom stereocenters. The first kappa shape index (κ1) is 13.4. The predicted octanol–water partition coefficient (Wildman–Crippen LogP) is -0.331. The van der Waals surface area contributed by atoms with E-state index < -0.39 is 0 Å². The van der Waals surface area contributed by atoms with Crippen molar-refractivity contribution < 1.29 is 10.2 Å². The molecule has 0 aliphatic rings. The molecule has 0 aromatic rings. The number of nitrogens with two attached hydrogens (primary N) is 1. The van der Waals surface area contributed by atoms with Crippen molar-refractivity contribution in [3.05, 3.63) is 0 Å². The van der Waals surface area contributed by atoms with Gasteiger partial charge in [0.05, 0.1) is 0 Å². The molecule has 0 aliphatic carbocycles. The molecule has 13 heavy (non-hydrogen) atoms. The summed E-state index contributed by atoms with van der Waals surface area (Å²) < 4.78 is 0. The summed E-state index contributed by atoms with van der Waals surface area (Å²) in [6.45, 7) is 0.223. The molecule has 0 spiro atoms. The van der Waals surface area contributed by atoms with Gasteiger partial charge in [-0.05, 0) is 0 Å². The predicted molar refractivity (Wildman–Crippen MR) is 57.5 cm³/mol.